The molecular weight excluding hydrogens is 498 g/mol. The minimum atomic E-state index is 0.451. The summed E-state index contributed by atoms with van der Waals surface area (Å²) in [6, 6.07) is 11.8. The van der Waals surface area contributed by atoms with Crippen LogP contribution >= 0.6 is 15.9 Å². The fourth-order valence-electron chi connectivity index (χ4n) is 4.40. The van der Waals surface area contributed by atoms with E-state index >= 15 is 0 Å². The van der Waals surface area contributed by atoms with Gasteiger partial charge in [-0.3, -0.25) is 0 Å². The Morgan fingerprint density at radius 2 is 2.15 bits per heavy atom. The smallest absolute Gasteiger partial charge is 0.248 e. The molecule has 5 rings (SSSR count). The molecule has 9 heteroatoms. The third kappa shape index (κ3) is 5.05. The molecule has 1 aromatic heterocycles. The number of rotatable bonds is 6. The first-order chi connectivity index (χ1) is 16.6. The van der Waals surface area contributed by atoms with Crippen molar-refractivity contribution in [2.24, 2.45) is 5.92 Å². The van der Waals surface area contributed by atoms with Gasteiger partial charge in [0, 0.05) is 40.8 Å². The lowest BCUT2D eigenvalue weighted by Gasteiger charge is -2.29. The number of fused-ring (bicyclic) bond motifs is 2. The summed E-state index contributed by atoms with van der Waals surface area (Å²) in [7, 11) is 3.81. The van der Waals surface area contributed by atoms with Gasteiger partial charge in [0.25, 0.3) is 0 Å². The second kappa shape index (κ2) is 10.1. The van der Waals surface area contributed by atoms with E-state index < -0.39 is 0 Å². The number of hydrogen-bond acceptors (Lipinski definition) is 8. The fourth-order valence-corrected chi connectivity index (χ4v) is 4.80. The van der Waals surface area contributed by atoms with E-state index in [1.807, 2.05) is 36.4 Å². The van der Waals surface area contributed by atoms with Gasteiger partial charge in [0.2, 0.25) is 5.88 Å². The maximum Gasteiger partial charge on any atom is 0.248 e. The molecule has 2 aliphatic heterocycles. The van der Waals surface area contributed by atoms with Crippen molar-refractivity contribution in [2.45, 2.75) is 19.4 Å². The molecule has 34 heavy (non-hydrogen) atoms. The van der Waals surface area contributed by atoms with E-state index in [0.29, 0.717) is 48.0 Å². The molecule has 1 unspecified atom stereocenters. The number of nitrogens with zero attached hydrogens (tertiary/aromatic N) is 3. The predicted octanol–water partition coefficient (Wildman–Crippen LogP) is 5.43. The van der Waals surface area contributed by atoms with Crippen LogP contribution in [0.1, 0.15) is 18.4 Å². The number of hydrogen-bond donors (Lipinski definition) is 2. The number of nitrogens with one attached hydrogen (secondary N) is 2. The number of ether oxygens (including phenoxy) is 3. The highest BCUT2D eigenvalue weighted by atomic mass is 79.9. The third-order valence-electron chi connectivity index (χ3n) is 6.11. The molecule has 8 nitrogen and oxygen atoms in total. The molecule has 0 amide bonds. The molecule has 178 valence electrons. The molecule has 3 aromatic rings. The number of methoxy groups -OCH3 is 1. The molecule has 0 aliphatic carbocycles. The second-order valence-electron chi connectivity index (χ2n) is 8.69. The van der Waals surface area contributed by atoms with Crippen molar-refractivity contribution >= 4 is 33.1 Å². The summed E-state index contributed by atoms with van der Waals surface area (Å²) >= 11 is 3.50. The number of anilines is 3. The van der Waals surface area contributed by atoms with Crippen LogP contribution in [0, 0.1) is 5.92 Å². The van der Waals surface area contributed by atoms with E-state index in [4.69, 9.17) is 14.2 Å². The predicted molar refractivity (Wildman–Crippen MR) is 136 cm³/mol. The lowest BCUT2D eigenvalue weighted by molar-refractivity contribution is 0.148. The monoisotopic (exact) mass is 525 g/mol. The third-order valence-corrected chi connectivity index (χ3v) is 6.60. The molecule has 2 aliphatic rings. The quantitative estimate of drug-likeness (QED) is 0.440. The topological polar surface area (TPSA) is 80.8 Å². The van der Waals surface area contributed by atoms with Crippen LogP contribution in [0.4, 0.5) is 17.2 Å². The largest absolute Gasteiger partial charge is 0.493 e. The van der Waals surface area contributed by atoms with Crippen LogP contribution in [0.25, 0.3) is 0 Å². The Bertz CT molecular complexity index is 1180. The molecule has 1 fully saturated rings. The number of piperidine rings is 1. The van der Waals surface area contributed by atoms with E-state index in [1.165, 1.54) is 19.2 Å². The summed E-state index contributed by atoms with van der Waals surface area (Å²) in [6.45, 7) is 3.42. The molecular formula is C25H28BrN5O3. The maximum atomic E-state index is 6.23. The molecule has 3 heterocycles. The van der Waals surface area contributed by atoms with E-state index in [1.54, 1.807) is 7.11 Å². The van der Waals surface area contributed by atoms with Crippen LogP contribution in [0.2, 0.25) is 0 Å². The van der Waals surface area contributed by atoms with Gasteiger partial charge >= 0.3 is 0 Å². The van der Waals surface area contributed by atoms with Crippen LogP contribution in [-0.2, 0) is 6.54 Å². The normalized spacial score (nSPS) is 17.4. The van der Waals surface area contributed by atoms with Gasteiger partial charge in [0.1, 0.15) is 17.8 Å². The molecule has 0 spiro atoms. The first kappa shape index (κ1) is 22.7. The zero-order valence-electron chi connectivity index (χ0n) is 19.3. The van der Waals surface area contributed by atoms with Gasteiger partial charge in [0.15, 0.2) is 17.3 Å². The van der Waals surface area contributed by atoms with Crippen LogP contribution in [0.15, 0.2) is 47.2 Å². The second-order valence-corrected chi connectivity index (χ2v) is 9.60. The van der Waals surface area contributed by atoms with E-state index in [0.717, 1.165) is 34.6 Å². The van der Waals surface area contributed by atoms with Crippen molar-refractivity contribution in [3.8, 4) is 23.1 Å². The first-order valence-electron chi connectivity index (χ1n) is 11.4. The van der Waals surface area contributed by atoms with E-state index in [-0.39, 0.29) is 0 Å². The van der Waals surface area contributed by atoms with Crippen LogP contribution in [-0.4, -0.2) is 48.7 Å². The van der Waals surface area contributed by atoms with Crippen LogP contribution < -0.4 is 24.8 Å². The van der Waals surface area contributed by atoms with Gasteiger partial charge in [-0.15, -0.1) is 0 Å². The van der Waals surface area contributed by atoms with Gasteiger partial charge in [-0.2, -0.15) is 4.98 Å². The Kier molecular flexibility index (Phi) is 6.73. The molecule has 2 aromatic carbocycles. The summed E-state index contributed by atoms with van der Waals surface area (Å²) in [6.07, 6.45) is 3.88. The first-order valence-corrected chi connectivity index (χ1v) is 12.2. The summed E-state index contributed by atoms with van der Waals surface area (Å²) in [5, 5.41) is 6.78. The minimum Gasteiger partial charge on any atom is -0.493 e. The van der Waals surface area contributed by atoms with Crippen molar-refractivity contribution in [1.29, 1.82) is 0 Å². The Balaban J connectivity index is 1.37. The van der Waals surface area contributed by atoms with Gasteiger partial charge in [0.05, 0.1) is 13.7 Å². The Morgan fingerprint density at radius 3 is 2.97 bits per heavy atom. The molecule has 0 radical (unpaired) electrons. The van der Waals surface area contributed by atoms with Crippen molar-refractivity contribution in [3.63, 3.8) is 0 Å². The van der Waals surface area contributed by atoms with E-state index in [9.17, 15) is 0 Å². The summed E-state index contributed by atoms with van der Waals surface area (Å²) < 4.78 is 19.0. The number of halogens is 1. The van der Waals surface area contributed by atoms with Gasteiger partial charge in [-0.25, -0.2) is 4.98 Å². The molecule has 2 N–H and O–H groups in total. The average molecular weight is 526 g/mol. The summed E-state index contributed by atoms with van der Waals surface area (Å²) in [5.74, 6) is 3.66. The highest BCUT2D eigenvalue weighted by Crippen LogP contribution is 2.42. The number of aromatic nitrogens is 2. The molecule has 0 bridgehead atoms. The highest BCUT2D eigenvalue weighted by Gasteiger charge is 2.23. The molecule has 1 saturated heterocycles. The summed E-state index contributed by atoms with van der Waals surface area (Å²) in [4.78, 5) is 11.1. The minimum absolute atomic E-state index is 0.451. The van der Waals surface area contributed by atoms with Crippen molar-refractivity contribution in [2.75, 3.05) is 44.5 Å². The van der Waals surface area contributed by atoms with Gasteiger partial charge in [-0.05, 0) is 50.7 Å². The summed E-state index contributed by atoms with van der Waals surface area (Å²) in [5.41, 5.74) is 2.57. The SMILES string of the molecule is COc1cc2c(cc1OCC1CCCN(C)C1)CNc1c(Nc3cccc(Br)c3)ncnc1O2. The van der Waals surface area contributed by atoms with Crippen molar-refractivity contribution in [1.82, 2.24) is 14.9 Å². The van der Waals surface area contributed by atoms with Crippen molar-refractivity contribution < 1.29 is 14.2 Å². The Morgan fingerprint density at radius 1 is 1.24 bits per heavy atom. The number of benzene rings is 2. The Hall–Kier alpha value is -3.04. The lowest BCUT2D eigenvalue weighted by Crippen LogP contribution is -2.34. The van der Waals surface area contributed by atoms with Gasteiger partial charge < -0.3 is 29.7 Å². The molecule has 1 atom stereocenters. The van der Waals surface area contributed by atoms with Crippen LogP contribution in [0.3, 0.4) is 0 Å². The fraction of sp³-hybridized carbons (Fsp3) is 0.360. The Labute approximate surface area is 207 Å². The average Bonchev–Trinajstić information content (AvgIpc) is 3.01. The zero-order chi connectivity index (χ0) is 23.5. The highest BCUT2D eigenvalue weighted by molar-refractivity contribution is 9.10. The molecule has 0 saturated carbocycles. The number of likely N-dealkylation sites (tertiary alicyclic amines) is 1. The van der Waals surface area contributed by atoms with Crippen molar-refractivity contribution in [3.05, 3.63) is 52.8 Å². The van der Waals surface area contributed by atoms with Crippen LogP contribution in [0.5, 0.6) is 23.1 Å². The van der Waals surface area contributed by atoms with E-state index in [2.05, 4.69) is 48.5 Å². The van der Waals surface area contributed by atoms with Gasteiger partial charge in [-0.1, -0.05) is 22.0 Å². The lowest BCUT2D eigenvalue weighted by atomic mass is 9.99. The maximum absolute atomic E-state index is 6.23. The standard InChI is InChI=1S/C25H28BrN5O3/c1-31-8-4-5-16(13-31)14-33-22-9-17-12-27-23-24(30-19-7-3-6-18(26)10-19)28-15-29-25(23)34-20(17)11-21(22)32-2/h3,6-7,9-11,15-16,27H,4-5,8,12-14H2,1-2H3,(H,28,29,30). The zero-order valence-corrected chi connectivity index (χ0v) is 20.9.